The van der Waals surface area contributed by atoms with E-state index >= 15 is 0 Å². The lowest BCUT2D eigenvalue weighted by Crippen LogP contribution is -2.00. The van der Waals surface area contributed by atoms with Crippen LogP contribution in [0, 0.1) is 13.8 Å². The summed E-state index contributed by atoms with van der Waals surface area (Å²) >= 11 is 1.68. The number of nitrogen functional groups attached to an aromatic ring is 1. The molecule has 0 atom stereocenters. The lowest BCUT2D eigenvalue weighted by molar-refractivity contribution is 0.308. The molecule has 0 aliphatic rings. The van der Waals surface area contributed by atoms with E-state index in [0.717, 1.165) is 34.0 Å². The maximum atomic E-state index is 6.13. The van der Waals surface area contributed by atoms with Crippen LogP contribution in [0.5, 0.6) is 5.75 Å². The van der Waals surface area contributed by atoms with Gasteiger partial charge in [0.25, 0.3) is 0 Å². The quantitative estimate of drug-likeness (QED) is 0.702. The summed E-state index contributed by atoms with van der Waals surface area (Å²) in [5.41, 5.74) is 11.4. The Morgan fingerprint density at radius 2 is 1.78 bits per heavy atom. The Hall–Kier alpha value is -2.33. The molecule has 2 N–H and O–H groups in total. The highest BCUT2D eigenvalue weighted by Gasteiger charge is 2.06. The highest BCUT2D eigenvalue weighted by Crippen LogP contribution is 2.25. The van der Waals surface area contributed by atoms with Crippen molar-refractivity contribution in [2.24, 2.45) is 0 Å². The van der Waals surface area contributed by atoms with Crippen molar-refractivity contribution in [3.8, 4) is 5.75 Å². The zero-order chi connectivity index (χ0) is 16.2. The van der Waals surface area contributed by atoms with E-state index in [1.54, 1.807) is 11.3 Å². The van der Waals surface area contributed by atoms with Crippen LogP contribution in [0.2, 0.25) is 0 Å². The average molecular weight is 324 g/mol. The number of hydrogen-bond acceptors (Lipinski definition) is 4. The number of hydrogen-bond donors (Lipinski definition) is 1. The van der Waals surface area contributed by atoms with Crippen molar-refractivity contribution in [1.82, 2.24) is 4.98 Å². The largest absolute Gasteiger partial charge is 0.487 e. The van der Waals surface area contributed by atoms with Gasteiger partial charge in [-0.3, -0.25) is 0 Å². The molecule has 118 valence electrons. The standard InChI is InChI=1S/C19H20N2OS/c1-13-3-5-15(6-4-13)11-22-18-8-7-16(9-17(18)20)10-19-21-14(2)12-23-19/h3-9,12H,10-11,20H2,1-2H3. The van der Waals surface area contributed by atoms with Crippen LogP contribution < -0.4 is 10.5 Å². The zero-order valence-corrected chi connectivity index (χ0v) is 14.2. The van der Waals surface area contributed by atoms with Gasteiger partial charge in [-0.2, -0.15) is 0 Å². The molecule has 3 aromatic rings. The van der Waals surface area contributed by atoms with Crippen LogP contribution in [-0.2, 0) is 13.0 Å². The van der Waals surface area contributed by atoms with Gasteiger partial charge in [-0.15, -0.1) is 11.3 Å². The van der Waals surface area contributed by atoms with Crippen molar-refractivity contribution in [1.29, 1.82) is 0 Å². The number of benzene rings is 2. The molecule has 0 aliphatic heterocycles. The van der Waals surface area contributed by atoms with E-state index < -0.39 is 0 Å². The van der Waals surface area contributed by atoms with Gasteiger partial charge in [0.05, 0.1) is 10.7 Å². The number of aromatic nitrogens is 1. The van der Waals surface area contributed by atoms with Crippen molar-refractivity contribution in [2.75, 3.05) is 5.73 Å². The van der Waals surface area contributed by atoms with Crippen LogP contribution in [0.4, 0.5) is 5.69 Å². The summed E-state index contributed by atoms with van der Waals surface area (Å²) in [4.78, 5) is 4.49. The van der Waals surface area contributed by atoms with E-state index in [0.29, 0.717) is 12.3 Å². The van der Waals surface area contributed by atoms with Crippen LogP contribution in [0.15, 0.2) is 47.8 Å². The van der Waals surface area contributed by atoms with Gasteiger partial charge in [-0.1, -0.05) is 35.9 Å². The molecular weight excluding hydrogens is 304 g/mol. The van der Waals surface area contributed by atoms with Gasteiger partial charge in [0.1, 0.15) is 12.4 Å². The van der Waals surface area contributed by atoms with Gasteiger partial charge >= 0.3 is 0 Å². The van der Waals surface area contributed by atoms with Crippen LogP contribution in [-0.4, -0.2) is 4.98 Å². The molecule has 0 radical (unpaired) electrons. The van der Waals surface area contributed by atoms with Crippen molar-refractivity contribution < 1.29 is 4.74 Å². The normalized spacial score (nSPS) is 10.7. The molecule has 0 unspecified atom stereocenters. The van der Waals surface area contributed by atoms with Gasteiger partial charge in [-0.25, -0.2) is 4.98 Å². The summed E-state index contributed by atoms with van der Waals surface area (Å²) in [6.45, 7) is 4.61. The summed E-state index contributed by atoms with van der Waals surface area (Å²) in [6, 6.07) is 14.3. The molecule has 0 spiro atoms. The summed E-state index contributed by atoms with van der Waals surface area (Å²) in [5.74, 6) is 0.727. The van der Waals surface area contributed by atoms with Gasteiger partial charge in [-0.05, 0) is 37.1 Å². The summed E-state index contributed by atoms with van der Waals surface area (Å²) in [6.07, 6.45) is 0.806. The first-order valence-electron chi connectivity index (χ1n) is 7.58. The molecule has 3 nitrogen and oxygen atoms in total. The molecule has 0 aliphatic carbocycles. The van der Waals surface area contributed by atoms with E-state index in [9.17, 15) is 0 Å². The second-order valence-corrected chi connectivity index (χ2v) is 6.65. The van der Waals surface area contributed by atoms with E-state index in [-0.39, 0.29) is 0 Å². The third-order valence-electron chi connectivity index (χ3n) is 3.61. The first-order valence-corrected chi connectivity index (χ1v) is 8.46. The highest BCUT2D eigenvalue weighted by atomic mass is 32.1. The smallest absolute Gasteiger partial charge is 0.142 e. The van der Waals surface area contributed by atoms with Crippen LogP contribution in [0.1, 0.15) is 27.4 Å². The first kappa shape index (κ1) is 15.6. The predicted octanol–water partition coefficient (Wildman–Crippen LogP) is 4.51. The van der Waals surface area contributed by atoms with Gasteiger partial charge < -0.3 is 10.5 Å². The Morgan fingerprint density at radius 3 is 2.43 bits per heavy atom. The number of nitrogens with zero attached hydrogens (tertiary/aromatic N) is 1. The SMILES string of the molecule is Cc1ccc(COc2ccc(Cc3nc(C)cs3)cc2N)cc1. The molecule has 2 aromatic carbocycles. The summed E-state index contributed by atoms with van der Waals surface area (Å²) in [7, 11) is 0. The van der Waals surface area contributed by atoms with Crippen LogP contribution in [0.25, 0.3) is 0 Å². The molecule has 4 heteroatoms. The van der Waals surface area contributed by atoms with E-state index in [4.69, 9.17) is 10.5 Å². The fourth-order valence-electron chi connectivity index (χ4n) is 2.34. The van der Waals surface area contributed by atoms with Gasteiger partial charge in [0.2, 0.25) is 0 Å². The topological polar surface area (TPSA) is 48.1 Å². The molecule has 1 heterocycles. The Morgan fingerprint density at radius 1 is 1.04 bits per heavy atom. The Bertz CT molecular complexity index is 793. The lowest BCUT2D eigenvalue weighted by atomic mass is 10.1. The van der Waals surface area contributed by atoms with Crippen LogP contribution >= 0.6 is 11.3 Å². The van der Waals surface area contributed by atoms with Crippen molar-refractivity contribution >= 4 is 17.0 Å². The number of nitrogens with two attached hydrogens (primary N) is 1. The predicted molar refractivity (Wildman–Crippen MR) is 96.0 cm³/mol. The van der Waals surface area contributed by atoms with Gasteiger partial charge in [0.15, 0.2) is 0 Å². The van der Waals surface area contributed by atoms with Crippen molar-refractivity contribution in [3.05, 3.63) is 75.2 Å². The summed E-state index contributed by atoms with van der Waals surface area (Å²) in [5, 5.41) is 3.17. The maximum absolute atomic E-state index is 6.13. The van der Waals surface area contributed by atoms with E-state index in [2.05, 4.69) is 47.6 Å². The van der Waals surface area contributed by atoms with E-state index in [1.165, 1.54) is 5.56 Å². The van der Waals surface area contributed by atoms with Gasteiger partial charge in [0, 0.05) is 17.5 Å². The number of rotatable bonds is 5. The lowest BCUT2D eigenvalue weighted by Gasteiger charge is -2.10. The molecule has 1 aromatic heterocycles. The molecule has 0 bridgehead atoms. The second-order valence-electron chi connectivity index (χ2n) is 5.71. The molecule has 23 heavy (non-hydrogen) atoms. The third kappa shape index (κ3) is 4.11. The van der Waals surface area contributed by atoms with E-state index in [1.807, 2.05) is 19.1 Å². The number of thiazole rings is 1. The molecule has 0 amide bonds. The molecule has 0 saturated carbocycles. The van der Waals surface area contributed by atoms with Crippen LogP contribution in [0.3, 0.4) is 0 Å². The molecule has 0 saturated heterocycles. The highest BCUT2D eigenvalue weighted by molar-refractivity contribution is 7.09. The number of ether oxygens (including phenoxy) is 1. The monoisotopic (exact) mass is 324 g/mol. The second kappa shape index (κ2) is 6.84. The minimum Gasteiger partial charge on any atom is -0.487 e. The van der Waals surface area contributed by atoms with Crippen molar-refractivity contribution in [3.63, 3.8) is 0 Å². The third-order valence-corrected chi connectivity index (χ3v) is 4.58. The van der Waals surface area contributed by atoms with Crippen molar-refractivity contribution in [2.45, 2.75) is 26.9 Å². The molecular formula is C19H20N2OS. The minimum absolute atomic E-state index is 0.523. The fourth-order valence-corrected chi connectivity index (χ4v) is 3.15. The number of aryl methyl sites for hydroxylation is 2. The Kier molecular flexibility index (Phi) is 4.63. The maximum Gasteiger partial charge on any atom is 0.142 e. The average Bonchev–Trinajstić information content (AvgIpc) is 2.93. The zero-order valence-electron chi connectivity index (χ0n) is 13.4. The number of anilines is 1. The molecule has 0 fully saturated rings. The fraction of sp³-hybridized carbons (Fsp3) is 0.211. The minimum atomic E-state index is 0.523. The first-order chi connectivity index (χ1) is 11.1. The Labute approximate surface area is 140 Å². The molecule has 3 rings (SSSR count). The summed E-state index contributed by atoms with van der Waals surface area (Å²) < 4.78 is 5.83. The Balaban J connectivity index is 1.65.